The second-order valence-corrected chi connectivity index (χ2v) is 4.18. The van der Waals surface area contributed by atoms with Gasteiger partial charge in [0.15, 0.2) is 0 Å². The molecule has 0 aromatic heterocycles. The first kappa shape index (κ1) is 13.4. The van der Waals surface area contributed by atoms with Gasteiger partial charge in [-0.3, -0.25) is 0 Å². The van der Waals surface area contributed by atoms with Crippen molar-refractivity contribution in [2.24, 2.45) is 0 Å². The molecule has 0 nitrogen and oxygen atoms in total. The van der Waals surface area contributed by atoms with Crippen LogP contribution in [0.15, 0.2) is 24.3 Å². The van der Waals surface area contributed by atoms with E-state index in [0.717, 1.165) is 10.7 Å². The van der Waals surface area contributed by atoms with Crippen molar-refractivity contribution in [1.29, 1.82) is 0 Å². The Balaban J connectivity index is 2.99. The molecule has 0 aliphatic carbocycles. The molecule has 0 aromatic rings. The number of rotatable bonds is 8. The molecule has 0 bridgehead atoms. The van der Waals surface area contributed by atoms with Gasteiger partial charge in [-0.1, -0.05) is 62.6 Å². The van der Waals surface area contributed by atoms with E-state index < -0.39 is 0 Å². The third kappa shape index (κ3) is 12.4. The summed E-state index contributed by atoms with van der Waals surface area (Å²) >= 11 is 6.72. The molecule has 0 radical (unpaired) electrons. The molecule has 76 valence electrons. The Bertz CT molecular complexity index is 123. The van der Waals surface area contributed by atoms with E-state index in [1.54, 1.807) is 0 Å². The van der Waals surface area contributed by atoms with Crippen molar-refractivity contribution in [3.8, 4) is 0 Å². The molecule has 0 spiro atoms. The highest BCUT2D eigenvalue weighted by molar-refractivity contribution is 9.09. The van der Waals surface area contributed by atoms with Crippen LogP contribution in [0.4, 0.5) is 0 Å². The topological polar surface area (TPSA) is 0 Å². The monoisotopic (exact) mass is 308 g/mol. The van der Waals surface area contributed by atoms with Crippen LogP contribution < -0.4 is 0 Å². The van der Waals surface area contributed by atoms with Crippen LogP contribution in [0.1, 0.15) is 32.1 Å². The van der Waals surface area contributed by atoms with Gasteiger partial charge in [-0.05, 0) is 25.7 Å². The van der Waals surface area contributed by atoms with Gasteiger partial charge >= 0.3 is 0 Å². The van der Waals surface area contributed by atoms with E-state index in [4.69, 9.17) is 0 Å². The average molecular weight is 310 g/mol. The number of hydrogen-bond donors (Lipinski definition) is 0. The van der Waals surface area contributed by atoms with E-state index in [2.05, 4.69) is 56.2 Å². The molecule has 0 N–H and O–H groups in total. The molecule has 0 heterocycles. The van der Waals surface area contributed by atoms with Gasteiger partial charge in [0.05, 0.1) is 0 Å². The Hall–Kier alpha value is 0.440. The minimum atomic E-state index is 0.987. The number of hydrogen-bond acceptors (Lipinski definition) is 0. The second-order valence-electron chi connectivity index (χ2n) is 2.89. The van der Waals surface area contributed by atoms with Crippen molar-refractivity contribution < 1.29 is 0 Å². The number of halogens is 2. The molecule has 0 aliphatic heterocycles. The Kier molecular flexibility index (Phi) is 12.9. The Morgan fingerprint density at radius 2 is 1.08 bits per heavy atom. The number of allylic oxidation sites excluding steroid dienone is 4. The molecule has 0 fully saturated rings. The van der Waals surface area contributed by atoms with Gasteiger partial charge in [0, 0.05) is 10.7 Å². The van der Waals surface area contributed by atoms with Crippen LogP contribution in [0, 0.1) is 0 Å². The molecule has 13 heavy (non-hydrogen) atoms. The van der Waals surface area contributed by atoms with Gasteiger partial charge in [0.2, 0.25) is 0 Å². The summed E-state index contributed by atoms with van der Waals surface area (Å²) < 4.78 is 0. The van der Waals surface area contributed by atoms with Gasteiger partial charge in [0.25, 0.3) is 0 Å². The summed E-state index contributed by atoms with van der Waals surface area (Å²) in [5.41, 5.74) is 0. The van der Waals surface area contributed by atoms with Crippen molar-refractivity contribution in [2.75, 3.05) is 10.7 Å². The van der Waals surface area contributed by atoms with Crippen LogP contribution >= 0.6 is 31.9 Å². The quantitative estimate of drug-likeness (QED) is 0.342. The SMILES string of the molecule is BrC/C=C/CCCCC/C=C/CBr. The minimum absolute atomic E-state index is 0.987. The fraction of sp³-hybridized carbons (Fsp3) is 0.636. The van der Waals surface area contributed by atoms with Crippen LogP contribution in [-0.2, 0) is 0 Å². The normalized spacial score (nSPS) is 11.8. The van der Waals surface area contributed by atoms with Gasteiger partial charge < -0.3 is 0 Å². The third-order valence-electron chi connectivity index (χ3n) is 1.75. The zero-order valence-corrected chi connectivity index (χ0v) is 11.2. The molecular weight excluding hydrogens is 292 g/mol. The maximum absolute atomic E-state index is 3.36. The lowest BCUT2D eigenvalue weighted by atomic mass is 10.1. The maximum atomic E-state index is 3.36. The molecule has 0 saturated heterocycles. The second kappa shape index (κ2) is 12.4. The van der Waals surface area contributed by atoms with Crippen LogP contribution in [0.3, 0.4) is 0 Å². The first-order valence-corrected chi connectivity index (χ1v) is 7.08. The standard InChI is InChI=1S/C11H18Br2/c12-10-8-6-4-2-1-3-5-7-9-11-13/h6-9H,1-5,10-11H2/b8-6+,9-7+. The lowest BCUT2D eigenvalue weighted by molar-refractivity contribution is 0.696. The zero-order valence-electron chi connectivity index (χ0n) is 8.02. The molecule has 0 aliphatic rings. The highest BCUT2D eigenvalue weighted by Gasteiger charge is 1.85. The van der Waals surface area contributed by atoms with Gasteiger partial charge in [0.1, 0.15) is 0 Å². The maximum Gasteiger partial charge on any atom is 0.0212 e. The van der Waals surface area contributed by atoms with E-state index in [9.17, 15) is 0 Å². The Labute approximate surface area is 98.7 Å². The molecule has 0 saturated carbocycles. The van der Waals surface area contributed by atoms with Gasteiger partial charge in [-0.15, -0.1) is 0 Å². The van der Waals surface area contributed by atoms with E-state index >= 15 is 0 Å². The highest BCUT2D eigenvalue weighted by Crippen LogP contribution is 2.04. The summed E-state index contributed by atoms with van der Waals surface area (Å²) in [4.78, 5) is 0. The van der Waals surface area contributed by atoms with Crippen LogP contribution in [0.5, 0.6) is 0 Å². The summed E-state index contributed by atoms with van der Waals surface area (Å²) in [5, 5.41) is 1.97. The first-order chi connectivity index (χ1) is 6.41. The predicted molar refractivity (Wildman–Crippen MR) is 69.0 cm³/mol. The molecule has 0 atom stereocenters. The van der Waals surface area contributed by atoms with Crippen molar-refractivity contribution >= 4 is 31.9 Å². The van der Waals surface area contributed by atoms with Crippen molar-refractivity contribution in [1.82, 2.24) is 0 Å². The molecule has 0 unspecified atom stereocenters. The lowest BCUT2D eigenvalue weighted by Gasteiger charge is -1.94. The number of unbranched alkanes of at least 4 members (excludes halogenated alkanes) is 4. The van der Waals surface area contributed by atoms with Gasteiger partial charge in [-0.25, -0.2) is 0 Å². The predicted octanol–water partition coefficient (Wildman–Crippen LogP) is 4.84. The minimum Gasteiger partial charge on any atom is -0.0883 e. The summed E-state index contributed by atoms with van der Waals surface area (Å²) in [6, 6.07) is 0. The van der Waals surface area contributed by atoms with E-state index in [0.29, 0.717) is 0 Å². The summed E-state index contributed by atoms with van der Waals surface area (Å²) in [7, 11) is 0. The van der Waals surface area contributed by atoms with Crippen LogP contribution in [0.25, 0.3) is 0 Å². The third-order valence-corrected chi connectivity index (χ3v) is 2.50. The van der Waals surface area contributed by atoms with Crippen LogP contribution in [0.2, 0.25) is 0 Å². The Morgan fingerprint density at radius 1 is 0.615 bits per heavy atom. The largest absolute Gasteiger partial charge is 0.0883 e. The van der Waals surface area contributed by atoms with E-state index in [1.807, 2.05) is 0 Å². The average Bonchev–Trinajstić information content (AvgIpc) is 2.16. The first-order valence-electron chi connectivity index (χ1n) is 4.83. The summed E-state index contributed by atoms with van der Waals surface area (Å²) in [5.74, 6) is 0. The highest BCUT2D eigenvalue weighted by atomic mass is 79.9. The van der Waals surface area contributed by atoms with E-state index in [1.165, 1.54) is 32.1 Å². The van der Waals surface area contributed by atoms with E-state index in [-0.39, 0.29) is 0 Å². The molecule has 2 heteroatoms. The fourth-order valence-electron chi connectivity index (χ4n) is 1.06. The summed E-state index contributed by atoms with van der Waals surface area (Å²) in [6.45, 7) is 0. The summed E-state index contributed by atoms with van der Waals surface area (Å²) in [6.07, 6.45) is 15.3. The number of alkyl halides is 2. The zero-order chi connectivity index (χ0) is 9.78. The molecule has 0 amide bonds. The molecule has 0 aromatic carbocycles. The smallest absolute Gasteiger partial charge is 0.0212 e. The molecular formula is C11H18Br2. The Morgan fingerprint density at radius 3 is 1.46 bits per heavy atom. The van der Waals surface area contributed by atoms with Crippen molar-refractivity contribution in [2.45, 2.75) is 32.1 Å². The van der Waals surface area contributed by atoms with Crippen molar-refractivity contribution in [3.63, 3.8) is 0 Å². The van der Waals surface area contributed by atoms with Crippen LogP contribution in [-0.4, -0.2) is 10.7 Å². The lowest BCUT2D eigenvalue weighted by Crippen LogP contribution is -1.75. The fourth-order valence-corrected chi connectivity index (χ4v) is 1.59. The van der Waals surface area contributed by atoms with Crippen molar-refractivity contribution in [3.05, 3.63) is 24.3 Å². The molecule has 0 rings (SSSR count). The van der Waals surface area contributed by atoms with Gasteiger partial charge in [-0.2, -0.15) is 0 Å².